The van der Waals surface area contributed by atoms with E-state index < -0.39 is 38.3 Å². The standard InChI is InChI=1S/C7Cl3F3O/c8-2-1(7(13)14)5(11)4(10)6(12)3(2)9. The molecule has 14 heavy (non-hydrogen) atoms. The molecule has 0 heterocycles. The van der Waals surface area contributed by atoms with Crippen LogP contribution in [0.15, 0.2) is 0 Å². The van der Waals surface area contributed by atoms with Crippen molar-refractivity contribution < 1.29 is 18.0 Å². The Hall–Kier alpha value is -0.450. The smallest absolute Gasteiger partial charge is 0.255 e. The molecule has 0 saturated carbocycles. The second kappa shape index (κ2) is 3.96. The largest absolute Gasteiger partial charge is 0.336 e. The summed E-state index contributed by atoms with van der Waals surface area (Å²) >= 11 is 15.6. The molecule has 7 heteroatoms. The molecule has 0 N–H and O–H groups in total. The summed E-state index contributed by atoms with van der Waals surface area (Å²) < 4.78 is 38.1. The van der Waals surface area contributed by atoms with E-state index in [9.17, 15) is 18.0 Å². The van der Waals surface area contributed by atoms with Gasteiger partial charge in [-0.25, -0.2) is 8.78 Å². The van der Waals surface area contributed by atoms with Gasteiger partial charge in [0.25, 0.3) is 0 Å². The lowest BCUT2D eigenvalue weighted by Crippen LogP contribution is -2.01. The van der Waals surface area contributed by atoms with E-state index in [0.717, 1.165) is 0 Å². The lowest BCUT2D eigenvalue weighted by molar-refractivity contribution is 0.0831. The zero-order valence-corrected chi connectivity index (χ0v) is 8.44. The zero-order valence-electron chi connectivity index (χ0n) is 6.18. The molecular weight excluding hydrogens is 263 g/mol. The molecule has 1 rings (SSSR count). The van der Waals surface area contributed by atoms with Crippen LogP contribution in [0.3, 0.4) is 0 Å². The van der Waals surface area contributed by atoms with Gasteiger partial charge in [0.15, 0.2) is 11.6 Å². The normalized spacial score (nSPS) is 10.4. The molecule has 0 aliphatic heterocycles. The number of rotatable bonds is 1. The van der Waals surface area contributed by atoms with Gasteiger partial charge in [-0.15, -0.1) is 0 Å². The van der Waals surface area contributed by atoms with Crippen LogP contribution in [0.25, 0.3) is 0 Å². The van der Waals surface area contributed by atoms with E-state index >= 15 is 0 Å². The number of benzene rings is 1. The average molecular weight is 263 g/mol. The van der Waals surface area contributed by atoms with Crippen LogP contribution in [0, 0.1) is 11.6 Å². The number of hydrogen-bond acceptors (Lipinski definition) is 1. The molecule has 0 atom stereocenters. The molecule has 0 unspecified atom stereocenters. The van der Waals surface area contributed by atoms with Crippen LogP contribution < -0.4 is 0 Å². The van der Waals surface area contributed by atoms with E-state index in [4.69, 9.17) is 34.8 Å². The van der Waals surface area contributed by atoms with E-state index in [0.29, 0.717) is 0 Å². The van der Waals surface area contributed by atoms with Gasteiger partial charge in [0.05, 0.1) is 10.0 Å². The minimum Gasteiger partial charge on any atom is -0.255 e. The molecular formula is C7Cl3F3O. The second-order valence-electron chi connectivity index (χ2n) is 2.22. The Bertz CT molecular complexity index is 390. The molecule has 76 valence electrons. The Morgan fingerprint density at radius 2 is 1.43 bits per heavy atom. The third-order valence-corrected chi connectivity index (χ3v) is 2.57. The Labute approximate surface area is 91.4 Å². The fraction of sp³-hybridized carbons (Fsp3) is 0. The lowest BCUT2D eigenvalue weighted by atomic mass is 10.2. The molecule has 0 saturated heterocycles. The molecule has 0 amide bonds. The fourth-order valence-corrected chi connectivity index (χ4v) is 1.44. The fourth-order valence-electron chi connectivity index (χ4n) is 0.777. The maximum absolute atomic E-state index is 13.0. The molecule has 0 aliphatic carbocycles. The van der Waals surface area contributed by atoms with Crippen molar-refractivity contribution >= 4 is 40.8 Å². The lowest BCUT2D eigenvalue weighted by Gasteiger charge is -2.05. The maximum atomic E-state index is 13.0. The first kappa shape index (κ1) is 11.6. The van der Waals surface area contributed by atoms with E-state index in [1.165, 1.54) is 0 Å². The van der Waals surface area contributed by atoms with Gasteiger partial charge in [-0.05, 0) is 0 Å². The topological polar surface area (TPSA) is 17.1 Å². The van der Waals surface area contributed by atoms with Gasteiger partial charge in [0, 0.05) is 0 Å². The summed E-state index contributed by atoms with van der Waals surface area (Å²) in [6, 6.07) is -2.17. The summed E-state index contributed by atoms with van der Waals surface area (Å²) in [7, 11) is 0. The highest BCUT2D eigenvalue weighted by molar-refractivity contribution is 6.45. The number of carbonyl (C=O) groups excluding carboxylic acids is 1. The molecule has 0 radical (unpaired) electrons. The molecule has 1 aromatic carbocycles. The first-order chi connectivity index (χ1) is 6.37. The zero-order chi connectivity index (χ0) is 11.0. The Balaban J connectivity index is 3.68. The molecule has 0 spiro atoms. The quantitative estimate of drug-likeness (QED) is 0.425. The maximum Gasteiger partial charge on any atom is 0.336 e. The average Bonchev–Trinajstić information content (AvgIpc) is 2.11. The van der Waals surface area contributed by atoms with Crippen molar-refractivity contribution in [2.45, 2.75) is 0 Å². The molecule has 0 bridgehead atoms. The SMILES string of the molecule is O=C(F)c1c(F)c(Cl)c(F)c(Cl)c1Cl. The highest BCUT2D eigenvalue weighted by atomic mass is 35.5. The molecule has 0 aliphatic rings. The Morgan fingerprint density at radius 3 is 1.86 bits per heavy atom. The van der Waals surface area contributed by atoms with Crippen LogP contribution in [0.4, 0.5) is 13.2 Å². The van der Waals surface area contributed by atoms with Gasteiger partial charge in [-0.1, -0.05) is 34.8 Å². The number of carbonyl (C=O) groups is 1. The van der Waals surface area contributed by atoms with Gasteiger partial charge >= 0.3 is 6.04 Å². The van der Waals surface area contributed by atoms with Crippen molar-refractivity contribution in [3.63, 3.8) is 0 Å². The monoisotopic (exact) mass is 262 g/mol. The minimum atomic E-state index is -2.17. The first-order valence-corrected chi connectivity index (χ1v) is 4.22. The summed E-state index contributed by atoms with van der Waals surface area (Å²) in [5, 5.41) is -2.70. The number of hydrogen-bond donors (Lipinski definition) is 0. The highest BCUT2D eigenvalue weighted by Crippen LogP contribution is 2.36. The van der Waals surface area contributed by atoms with Gasteiger partial charge in [-0.3, -0.25) is 4.79 Å². The Morgan fingerprint density at radius 1 is 0.929 bits per heavy atom. The number of halogens is 6. The predicted octanol–water partition coefficient (Wildman–Crippen LogP) is 4.03. The third-order valence-electron chi connectivity index (χ3n) is 1.41. The van der Waals surface area contributed by atoms with Crippen LogP contribution >= 0.6 is 34.8 Å². The predicted molar refractivity (Wildman–Crippen MR) is 46.8 cm³/mol. The summed E-state index contributed by atoms with van der Waals surface area (Å²) in [5.41, 5.74) is -1.16. The second-order valence-corrected chi connectivity index (χ2v) is 3.35. The summed E-state index contributed by atoms with van der Waals surface area (Å²) in [5.74, 6) is -2.90. The first-order valence-electron chi connectivity index (χ1n) is 3.09. The van der Waals surface area contributed by atoms with Crippen molar-refractivity contribution in [2.24, 2.45) is 0 Å². The van der Waals surface area contributed by atoms with E-state index in [-0.39, 0.29) is 0 Å². The van der Waals surface area contributed by atoms with Gasteiger partial charge in [-0.2, -0.15) is 4.39 Å². The highest BCUT2D eigenvalue weighted by Gasteiger charge is 2.25. The van der Waals surface area contributed by atoms with Gasteiger partial charge in [0.1, 0.15) is 10.6 Å². The third kappa shape index (κ3) is 1.69. The van der Waals surface area contributed by atoms with Gasteiger partial charge in [0.2, 0.25) is 0 Å². The van der Waals surface area contributed by atoms with Gasteiger partial charge < -0.3 is 0 Å². The molecule has 0 aromatic heterocycles. The van der Waals surface area contributed by atoms with Crippen molar-refractivity contribution in [1.29, 1.82) is 0 Å². The van der Waals surface area contributed by atoms with Crippen molar-refractivity contribution in [3.8, 4) is 0 Å². The molecule has 0 fully saturated rings. The Kier molecular flexibility index (Phi) is 3.29. The van der Waals surface area contributed by atoms with Crippen molar-refractivity contribution in [1.82, 2.24) is 0 Å². The summed E-state index contributed by atoms with van der Waals surface area (Å²) in [6.45, 7) is 0. The van der Waals surface area contributed by atoms with Crippen LogP contribution in [0.2, 0.25) is 15.1 Å². The van der Waals surface area contributed by atoms with E-state index in [1.54, 1.807) is 0 Å². The van der Waals surface area contributed by atoms with Crippen LogP contribution in [0.5, 0.6) is 0 Å². The minimum absolute atomic E-state index is 0.793. The van der Waals surface area contributed by atoms with E-state index in [1.807, 2.05) is 0 Å². The van der Waals surface area contributed by atoms with Crippen LogP contribution in [-0.2, 0) is 0 Å². The summed E-state index contributed by atoms with van der Waals surface area (Å²) in [4.78, 5) is 10.3. The molecule has 1 aromatic rings. The van der Waals surface area contributed by atoms with Crippen molar-refractivity contribution in [3.05, 3.63) is 32.3 Å². The summed E-state index contributed by atoms with van der Waals surface area (Å²) in [6.07, 6.45) is 0. The van der Waals surface area contributed by atoms with Crippen molar-refractivity contribution in [2.75, 3.05) is 0 Å². The van der Waals surface area contributed by atoms with E-state index in [2.05, 4.69) is 0 Å². The van der Waals surface area contributed by atoms with Crippen LogP contribution in [-0.4, -0.2) is 6.04 Å². The molecule has 1 nitrogen and oxygen atoms in total. The van der Waals surface area contributed by atoms with Crippen LogP contribution in [0.1, 0.15) is 10.4 Å².